The predicted octanol–water partition coefficient (Wildman–Crippen LogP) is 11.1. The van der Waals surface area contributed by atoms with Crippen LogP contribution in [0.2, 0.25) is 19.6 Å². The monoisotopic (exact) mass is 1330 g/mol. The predicted molar refractivity (Wildman–Crippen MR) is 375 cm³/mol. The lowest BCUT2D eigenvalue weighted by molar-refractivity contribution is 0.141. The molecule has 29 heteroatoms. The van der Waals surface area contributed by atoms with Crippen molar-refractivity contribution in [1.82, 2.24) is 59.8 Å². The van der Waals surface area contributed by atoms with Gasteiger partial charge in [0.05, 0.1) is 47.2 Å². The molecule has 502 valence electrons. The number of fused-ring (bicyclic) bond motifs is 8. The van der Waals surface area contributed by atoms with Gasteiger partial charge in [0.15, 0.2) is 46.3 Å². The maximum absolute atomic E-state index is 11.9. The maximum Gasteiger partial charge on any atom is 0.224 e. The molecule has 4 bridgehead atoms. The lowest BCUT2D eigenvalue weighted by Crippen LogP contribution is -2.19. The molecule has 0 spiro atoms. The number of aliphatic hydroxyl groups is 1. The molecular formula is C66H86N20O7SSi. The molecule has 0 amide bonds. The van der Waals surface area contributed by atoms with Crippen molar-refractivity contribution in [3.8, 4) is 69.8 Å². The van der Waals surface area contributed by atoms with Gasteiger partial charge in [-0.1, -0.05) is 86.5 Å². The van der Waals surface area contributed by atoms with Crippen LogP contribution in [0.5, 0.6) is 46.0 Å². The molecule has 0 aromatic carbocycles. The van der Waals surface area contributed by atoms with Crippen LogP contribution in [0.4, 0.5) is 41.0 Å². The molecule has 8 aromatic heterocycles. The quantitative estimate of drug-likeness (QED) is 0.0340. The van der Waals surface area contributed by atoms with Gasteiger partial charge in [-0.15, -0.1) is 12.0 Å². The summed E-state index contributed by atoms with van der Waals surface area (Å²) in [6.45, 7) is 30.5. The number of rotatable bonds is 15. The van der Waals surface area contributed by atoms with Crippen molar-refractivity contribution in [1.29, 1.82) is 4.78 Å². The second-order valence-electron chi connectivity index (χ2n) is 23.7. The number of ether oxygens (including phenoxy) is 5. The molecule has 2 aliphatic heterocycles. The first-order chi connectivity index (χ1) is 44.9. The first-order valence-electron chi connectivity index (χ1n) is 30.5. The Labute approximate surface area is 556 Å². The lowest BCUT2D eigenvalue weighted by Gasteiger charge is -2.16. The van der Waals surface area contributed by atoms with Crippen molar-refractivity contribution in [2.75, 3.05) is 71.9 Å². The molecule has 0 saturated heterocycles. The van der Waals surface area contributed by atoms with E-state index < -0.39 is 23.9 Å². The topological polar surface area (TPSA) is 416 Å². The van der Waals surface area contributed by atoms with Gasteiger partial charge in [-0.05, 0) is 50.0 Å². The Morgan fingerprint density at radius 2 is 1.31 bits per heavy atom. The minimum atomic E-state index is -2.93. The lowest BCUT2D eigenvalue weighted by atomic mass is 10.0. The van der Waals surface area contributed by atoms with E-state index in [0.717, 1.165) is 40.9 Å². The number of aryl methyl sites for hydroxylation is 2. The second kappa shape index (κ2) is 34.0. The van der Waals surface area contributed by atoms with Crippen molar-refractivity contribution in [2.24, 2.45) is 0 Å². The van der Waals surface area contributed by atoms with Crippen LogP contribution >= 0.6 is 0 Å². The second-order valence-corrected chi connectivity index (χ2v) is 30.5. The summed E-state index contributed by atoms with van der Waals surface area (Å²) in [6, 6.07) is 6.86. The molecule has 0 fully saturated rings. The van der Waals surface area contributed by atoms with E-state index in [2.05, 4.69) is 142 Å². The average molecular weight is 1330 g/mol. The van der Waals surface area contributed by atoms with Gasteiger partial charge in [0.1, 0.15) is 65.0 Å². The molecule has 0 saturated carbocycles. The van der Waals surface area contributed by atoms with Gasteiger partial charge in [-0.3, -0.25) is 0 Å². The molecule has 2 aliphatic rings. The van der Waals surface area contributed by atoms with Crippen LogP contribution in [0.3, 0.4) is 0 Å². The van der Waals surface area contributed by atoms with Crippen LogP contribution < -0.4 is 58.2 Å². The zero-order chi connectivity index (χ0) is 69.7. The number of hydrogen-bond acceptors (Lipinski definition) is 27. The minimum absolute atomic E-state index is 0.111. The highest BCUT2D eigenvalue weighted by Gasteiger charge is 2.20. The Balaban J connectivity index is 0.000000201. The third-order valence-corrected chi connectivity index (χ3v) is 15.3. The Hall–Kier alpha value is -10.3. The van der Waals surface area contributed by atoms with Gasteiger partial charge in [0.25, 0.3) is 0 Å². The summed E-state index contributed by atoms with van der Waals surface area (Å²) in [6.07, 6.45) is 21.3. The number of terminal acetylenes is 1. The van der Waals surface area contributed by atoms with E-state index in [-0.39, 0.29) is 46.2 Å². The number of anilines is 7. The zero-order valence-electron chi connectivity index (χ0n) is 56.0. The molecule has 0 radical (unpaired) electrons. The summed E-state index contributed by atoms with van der Waals surface area (Å²) in [7, 11) is -4.41. The van der Waals surface area contributed by atoms with Crippen LogP contribution in [0.25, 0.3) is 5.57 Å². The van der Waals surface area contributed by atoms with Crippen LogP contribution in [0, 0.1) is 35.5 Å². The maximum atomic E-state index is 11.9. The SMILES string of the molecule is C#Cc1cc(Oc2cnc(NCC(O)CC)nc2N)c(C(=C)C)cn1.CC(C)c1cnc(C#C[Si](C)(C)C)cc1Oc1cnc(N)nc1N.CC(C)c1cnc2cc1Oc1cnc(nc1N)CCCOCCN2.Cc1ncc(Oc2cc(S(C)(=N)=O)ncc2C(C)C)c(N)n1. The van der Waals surface area contributed by atoms with Gasteiger partial charge in [-0.25, -0.2) is 58.8 Å². The van der Waals surface area contributed by atoms with Crippen molar-refractivity contribution in [3.63, 3.8) is 0 Å². The number of nitrogen functional groups attached to an aromatic ring is 5. The Morgan fingerprint density at radius 3 is 1.89 bits per heavy atom. The van der Waals surface area contributed by atoms with E-state index in [1.54, 1.807) is 37.8 Å². The molecule has 10 heterocycles. The largest absolute Gasteiger partial charge is 0.451 e. The van der Waals surface area contributed by atoms with Gasteiger partial charge >= 0.3 is 0 Å². The van der Waals surface area contributed by atoms with Crippen LogP contribution in [-0.2, 0) is 20.9 Å². The van der Waals surface area contributed by atoms with Crippen LogP contribution in [0.15, 0.2) is 85.4 Å². The Morgan fingerprint density at radius 1 is 0.716 bits per heavy atom. The third kappa shape index (κ3) is 22.7. The van der Waals surface area contributed by atoms with Crippen molar-refractivity contribution in [2.45, 2.75) is 130 Å². The number of nitrogens with two attached hydrogens (primary N) is 5. The molecule has 14 N–H and O–H groups in total. The van der Waals surface area contributed by atoms with Crippen molar-refractivity contribution < 1.29 is 33.0 Å². The van der Waals surface area contributed by atoms with Crippen LogP contribution in [-0.4, -0.2) is 116 Å². The number of pyridine rings is 4. The fraction of sp³-hybridized carbons (Fsp3) is 0.364. The molecule has 95 heavy (non-hydrogen) atoms. The number of aliphatic hydroxyl groups excluding tert-OH is 1. The summed E-state index contributed by atoms with van der Waals surface area (Å²) in [5, 5.41) is 15.9. The summed E-state index contributed by atoms with van der Waals surface area (Å²) in [5.74, 6) is 13.3. The highest BCUT2D eigenvalue weighted by atomic mass is 32.2. The molecular weight excluding hydrogens is 1250 g/mol. The van der Waals surface area contributed by atoms with Crippen LogP contribution in [0.1, 0.15) is 131 Å². The highest BCUT2D eigenvalue weighted by Crippen LogP contribution is 2.37. The average Bonchev–Trinajstić information content (AvgIpc) is 1.08. The number of aromatic nitrogens is 12. The fourth-order valence-corrected chi connectivity index (χ4v) is 9.24. The number of hydrogen-bond donors (Lipinski definition) is 9. The number of nitrogens with one attached hydrogen (secondary N) is 3. The molecule has 10 rings (SSSR count). The standard InChI is InChI=1S/C18H21N5O2.C17H23N5O2.C17H23N5OSi.C14H19N5O2S/c1-5-12-7-15(14(9-20-12)11(3)4)25-16-10-22-18(23-17(16)19)21-8-13(24)6-2;1-11(2)12-9-20-16-8-13(12)24-14-10-21-15(22-17(14)18)4-3-6-23-7-5-19-16;1-11(2)13-9-20-12(6-7-24(3,4)5)8-14(13)23-15-10-21-17(19)22-16(15)18;1-8(2)10-6-18-13(22(4,16)20)5-11(10)21-12-7-17-9(3)19-14(12)15/h1,7,9-10,13,24H,3,6,8H2,2,4H3,(H3,19,21,22,23);8-11H,3-7H2,1-2H3,(H,19,20)(H2,18,21,22);8-11H,1-5H3,(H4,18,19,21,22);5-8,16H,1-4H3,(H2,15,17,19). The normalized spacial score (nSPS) is 12.9. The highest BCUT2D eigenvalue weighted by molar-refractivity contribution is 7.91. The minimum Gasteiger partial charge on any atom is -0.451 e. The molecule has 8 aromatic rings. The number of allylic oxidation sites excluding steroid dienone is 1. The van der Waals surface area contributed by atoms with Crippen molar-refractivity contribution in [3.05, 3.63) is 126 Å². The van der Waals surface area contributed by atoms with Gasteiger partial charge in [-0.2, -0.15) is 9.97 Å². The zero-order valence-corrected chi connectivity index (χ0v) is 57.8. The molecule has 27 nitrogen and oxygen atoms in total. The van der Waals surface area contributed by atoms with E-state index in [1.807, 2.05) is 46.0 Å². The van der Waals surface area contributed by atoms with Crippen molar-refractivity contribution >= 4 is 64.4 Å². The third-order valence-electron chi connectivity index (χ3n) is 13.4. The molecule has 2 unspecified atom stereocenters. The Bertz CT molecular complexity index is 4190. The summed E-state index contributed by atoms with van der Waals surface area (Å²) in [5.41, 5.74) is 37.9. The van der Waals surface area contributed by atoms with E-state index in [1.165, 1.54) is 30.9 Å². The summed E-state index contributed by atoms with van der Waals surface area (Å²) < 4.78 is 48.7. The van der Waals surface area contributed by atoms with E-state index >= 15 is 0 Å². The fourth-order valence-electron chi connectivity index (χ4n) is 8.15. The first-order valence-corrected chi connectivity index (χ1v) is 35.9. The van der Waals surface area contributed by atoms with E-state index in [4.69, 9.17) is 63.6 Å². The van der Waals surface area contributed by atoms with Gasteiger partial charge in [0.2, 0.25) is 11.9 Å². The summed E-state index contributed by atoms with van der Waals surface area (Å²) >= 11 is 0. The smallest absolute Gasteiger partial charge is 0.224 e. The van der Waals surface area contributed by atoms with Gasteiger partial charge < -0.3 is 68.1 Å². The summed E-state index contributed by atoms with van der Waals surface area (Å²) in [4.78, 5) is 50.0. The Kier molecular flexibility index (Phi) is 26.4. The van der Waals surface area contributed by atoms with E-state index in [9.17, 15) is 9.32 Å². The molecule has 2 atom stereocenters. The van der Waals surface area contributed by atoms with Gasteiger partial charge in [0, 0.05) is 104 Å². The number of nitrogens with zero attached hydrogens (tertiary/aromatic N) is 12. The van der Waals surface area contributed by atoms with E-state index in [0.29, 0.717) is 119 Å². The first kappa shape index (κ1) is 73.7. The molecule has 0 aliphatic carbocycles.